The van der Waals surface area contributed by atoms with E-state index in [2.05, 4.69) is 39.0 Å². The normalized spacial score (nSPS) is 12.7. The third-order valence-electron chi connectivity index (χ3n) is 3.00. The first kappa shape index (κ1) is 14.3. The van der Waals surface area contributed by atoms with Crippen LogP contribution in [0.5, 0.6) is 0 Å². The molecule has 2 nitrogen and oxygen atoms in total. The molecule has 0 aliphatic heterocycles. The molecule has 0 unspecified atom stereocenters. The lowest BCUT2D eigenvalue weighted by molar-refractivity contribution is 0.283. The maximum Gasteiger partial charge on any atom is 0.114 e. The lowest BCUT2D eigenvalue weighted by Gasteiger charge is -2.19. The Labute approximate surface area is 110 Å². The standard InChI is InChI=1S/C16H21NO/c1-6-15(18-5)14(11-17)12-7-9-13(10-8-12)16(2,3)4/h7-10H,6H2,1-5H3/b15-14-. The average Bonchev–Trinajstić information content (AvgIpc) is 2.35. The van der Waals surface area contributed by atoms with E-state index in [0.29, 0.717) is 5.57 Å². The molecule has 0 atom stereocenters. The molecule has 2 heteroatoms. The van der Waals surface area contributed by atoms with E-state index in [9.17, 15) is 5.26 Å². The lowest BCUT2D eigenvalue weighted by atomic mass is 9.86. The van der Waals surface area contributed by atoms with E-state index in [0.717, 1.165) is 17.7 Å². The molecule has 0 saturated heterocycles. The maximum absolute atomic E-state index is 9.25. The SMILES string of the molecule is CC/C(OC)=C(\C#N)c1ccc(C(C)(C)C)cc1. The summed E-state index contributed by atoms with van der Waals surface area (Å²) < 4.78 is 5.26. The smallest absolute Gasteiger partial charge is 0.114 e. The van der Waals surface area contributed by atoms with Gasteiger partial charge in [-0.15, -0.1) is 0 Å². The van der Waals surface area contributed by atoms with Crippen molar-refractivity contribution < 1.29 is 4.74 Å². The number of nitrogens with zero attached hydrogens (tertiary/aromatic N) is 1. The van der Waals surface area contributed by atoms with E-state index < -0.39 is 0 Å². The first-order valence-electron chi connectivity index (χ1n) is 6.22. The predicted molar refractivity (Wildman–Crippen MR) is 75.0 cm³/mol. The summed E-state index contributed by atoms with van der Waals surface area (Å²) in [6.45, 7) is 8.51. The van der Waals surface area contributed by atoms with E-state index in [1.54, 1.807) is 7.11 Å². The minimum atomic E-state index is 0.129. The third-order valence-corrected chi connectivity index (χ3v) is 3.00. The van der Waals surface area contributed by atoms with Crippen molar-refractivity contribution in [2.45, 2.75) is 39.5 Å². The molecule has 0 amide bonds. The highest BCUT2D eigenvalue weighted by Crippen LogP contribution is 2.26. The van der Waals surface area contributed by atoms with Gasteiger partial charge in [0.2, 0.25) is 0 Å². The van der Waals surface area contributed by atoms with Crippen molar-refractivity contribution in [3.8, 4) is 6.07 Å². The number of hydrogen-bond donors (Lipinski definition) is 0. The summed E-state index contributed by atoms with van der Waals surface area (Å²) in [5, 5.41) is 9.25. The van der Waals surface area contributed by atoms with Gasteiger partial charge in [0.1, 0.15) is 11.8 Å². The second-order valence-corrected chi connectivity index (χ2v) is 5.30. The first-order chi connectivity index (χ1) is 8.43. The Hall–Kier alpha value is -1.75. The van der Waals surface area contributed by atoms with E-state index in [-0.39, 0.29) is 5.41 Å². The van der Waals surface area contributed by atoms with Crippen LogP contribution < -0.4 is 0 Å². The van der Waals surface area contributed by atoms with Gasteiger partial charge in [-0.3, -0.25) is 0 Å². The number of methoxy groups -OCH3 is 1. The van der Waals surface area contributed by atoms with Crippen LogP contribution in [0.2, 0.25) is 0 Å². The third kappa shape index (κ3) is 3.13. The summed E-state index contributed by atoms with van der Waals surface area (Å²) in [6, 6.07) is 10.4. The van der Waals surface area contributed by atoms with Gasteiger partial charge in [0.05, 0.1) is 12.7 Å². The van der Waals surface area contributed by atoms with Gasteiger partial charge in [0, 0.05) is 6.42 Å². The van der Waals surface area contributed by atoms with Crippen LogP contribution in [-0.2, 0) is 10.2 Å². The van der Waals surface area contributed by atoms with Crippen molar-refractivity contribution in [2.24, 2.45) is 0 Å². The number of benzene rings is 1. The molecule has 0 aromatic heterocycles. The summed E-state index contributed by atoms with van der Waals surface area (Å²) >= 11 is 0. The van der Waals surface area contributed by atoms with Crippen molar-refractivity contribution in [3.05, 3.63) is 41.2 Å². The molecule has 0 bridgehead atoms. The minimum absolute atomic E-state index is 0.129. The number of nitriles is 1. The fourth-order valence-corrected chi connectivity index (χ4v) is 1.85. The van der Waals surface area contributed by atoms with Gasteiger partial charge in [-0.2, -0.15) is 5.26 Å². The molecule has 0 heterocycles. The summed E-state index contributed by atoms with van der Waals surface area (Å²) in [5.41, 5.74) is 2.94. The van der Waals surface area contributed by atoms with Gasteiger partial charge in [-0.1, -0.05) is 52.0 Å². The molecule has 0 fully saturated rings. The Bertz CT molecular complexity index is 463. The van der Waals surface area contributed by atoms with Crippen LogP contribution in [0.4, 0.5) is 0 Å². The molecule has 0 aliphatic carbocycles. The molecule has 0 saturated carbocycles. The molecule has 96 valence electrons. The molecule has 0 aliphatic rings. The predicted octanol–water partition coefficient (Wildman–Crippen LogP) is 4.28. The Balaban J connectivity index is 3.20. The van der Waals surface area contributed by atoms with Gasteiger partial charge < -0.3 is 4.74 Å². The number of rotatable bonds is 3. The fourth-order valence-electron chi connectivity index (χ4n) is 1.85. The Morgan fingerprint density at radius 1 is 1.22 bits per heavy atom. The van der Waals surface area contributed by atoms with Gasteiger partial charge in [0.25, 0.3) is 0 Å². The van der Waals surface area contributed by atoms with E-state index in [1.165, 1.54) is 5.56 Å². The van der Waals surface area contributed by atoms with Crippen LogP contribution in [0.15, 0.2) is 30.0 Å². The molecule has 0 spiro atoms. The summed E-state index contributed by atoms with van der Waals surface area (Å²) in [5.74, 6) is 0.737. The Kier molecular flexibility index (Phi) is 4.55. The number of allylic oxidation sites excluding steroid dienone is 2. The molecular weight excluding hydrogens is 222 g/mol. The molecule has 1 aromatic rings. The topological polar surface area (TPSA) is 33.0 Å². The Morgan fingerprint density at radius 2 is 1.78 bits per heavy atom. The van der Waals surface area contributed by atoms with Gasteiger partial charge in [-0.05, 0) is 16.5 Å². The molecular formula is C16H21NO. The molecule has 18 heavy (non-hydrogen) atoms. The molecule has 0 radical (unpaired) electrons. The van der Waals surface area contributed by atoms with Crippen molar-refractivity contribution in [3.63, 3.8) is 0 Å². The molecule has 1 aromatic carbocycles. The largest absolute Gasteiger partial charge is 0.500 e. The van der Waals surface area contributed by atoms with Crippen LogP contribution >= 0.6 is 0 Å². The van der Waals surface area contributed by atoms with Crippen molar-refractivity contribution in [2.75, 3.05) is 7.11 Å². The van der Waals surface area contributed by atoms with Crippen molar-refractivity contribution >= 4 is 5.57 Å². The highest BCUT2D eigenvalue weighted by molar-refractivity contribution is 5.78. The second-order valence-electron chi connectivity index (χ2n) is 5.30. The van der Waals surface area contributed by atoms with Crippen LogP contribution in [-0.4, -0.2) is 7.11 Å². The summed E-state index contributed by atoms with van der Waals surface area (Å²) in [4.78, 5) is 0. The second kappa shape index (κ2) is 5.73. The van der Waals surface area contributed by atoms with Gasteiger partial charge in [-0.25, -0.2) is 0 Å². The van der Waals surface area contributed by atoms with Crippen LogP contribution in [0.25, 0.3) is 5.57 Å². The highest BCUT2D eigenvalue weighted by Gasteiger charge is 2.14. The lowest BCUT2D eigenvalue weighted by Crippen LogP contribution is -2.10. The zero-order chi connectivity index (χ0) is 13.8. The van der Waals surface area contributed by atoms with Crippen molar-refractivity contribution in [1.82, 2.24) is 0 Å². The van der Waals surface area contributed by atoms with E-state index >= 15 is 0 Å². The number of hydrogen-bond acceptors (Lipinski definition) is 2. The van der Waals surface area contributed by atoms with Crippen molar-refractivity contribution in [1.29, 1.82) is 5.26 Å². The minimum Gasteiger partial charge on any atom is -0.500 e. The number of ether oxygens (including phenoxy) is 1. The highest BCUT2D eigenvalue weighted by atomic mass is 16.5. The van der Waals surface area contributed by atoms with E-state index in [4.69, 9.17) is 4.74 Å². The molecule has 0 N–H and O–H groups in total. The van der Waals surface area contributed by atoms with E-state index in [1.807, 2.05) is 19.1 Å². The van der Waals surface area contributed by atoms with Crippen LogP contribution in [0.1, 0.15) is 45.2 Å². The van der Waals surface area contributed by atoms with Crippen LogP contribution in [0.3, 0.4) is 0 Å². The maximum atomic E-state index is 9.25. The van der Waals surface area contributed by atoms with Crippen LogP contribution in [0, 0.1) is 11.3 Å². The van der Waals surface area contributed by atoms with Gasteiger partial charge in [0.15, 0.2) is 0 Å². The fraction of sp³-hybridized carbons (Fsp3) is 0.438. The average molecular weight is 243 g/mol. The summed E-state index contributed by atoms with van der Waals surface area (Å²) in [7, 11) is 1.61. The Morgan fingerprint density at radius 3 is 2.11 bits per heavy atom. The zero-order valence-corrected chi connectivity index (χ0v) is 11.9. The monoisotopic (exact) mass is 243 g/mol. The first-order valence-corrected chi connectivity index (χ1v) is 6.22. The quantitative estimate of drug-likeness (QED) is 0.586. The molecule has 1 rings (SSSR count). The zero-order valence-electron chi connectivity index (χ0n) is 11.9. The van der Waals surface area contributed by atoms with Gasteiger partial charge >= 0.3 is 0 Å². The summed E-state index contributed by atoms with van der Waals surface area (Å²) in [6.07, 6.45) is 0.723.